The second kappa shape index (κ2) is 10.0. The molecule has 0 aliphatic heterocycles. The van der Waals surface area contributed by atoms with Gasteiger partial charge in [0.15, 0.2) is 0 Å². The molecule has 2 N–H and O–H groups in total. The van der Waals surface area contributed by atoms with Crippen molar-refractivity contribution in [3.8, 4) is 0 Å². The summed E-state index contributed by atoms with van der Waals surface area (Å²) in [5, 5.41) is 5.71. The lowest BCUT2D eigenvalue weighted by Gasteiger charge is -2.11. The molecule has 2 atom stereocenters. The Morgan fingerprint density at radius 1 is 0.886 bits per heavy atom. The SMILES string of the molecule is O=C(Nc1ccc(F)cc1F)c1cc(NC(=O)[C@H]2[C@H](c3cc(Cl)c(Br)c(Cl)c3)C2(Cl)Cl)ccc1Cl. The van der Waals surface area contributed by atoms with Crippen molar-refractivity contribution in [3.05, 3.63) is 90.8 Å². The van der Waals surface area contributed by atoms with Gasteiger partial charge in [-0.05, 0) is 64.0 Å². The molecule has 0 unspecified atom stereocenters. The molecule has 0 heterocycles. The number of nitrogens with one attached hydrogen (secondary N) is 2. The first-order valence-corrected chi connectivity index (χ1v) is 12.5. The molecule has 0 spiro atoms. The Bertz CT molecular complexity index is 1350. The number of alkyl halides is 2. The summed E-state index contributed by atoms with van der Waals surface area (Å²) in [5.41, 5.74) is 0.537. The van der Waals surface area contributed by atoms with Crippen LogP contribution in [0.2, 0.25) is 15.1 Å². The van der Waals surface area contributed by atoms with Crippen LogP contribution in [-0.2, 0) is 4.79 Å². The van der Waals surface area contributed by atoms with Gasteiger partial charge in [0, 0.05) is 17.7 Å². The Morgan fingerprint density at radius 3 is 2.17 bits per heavy atom. The molecule has 0 bridgehead atoms. The zero-order valence-electron chi connectivity index (χ0n) is 17.1. The number of carbonyl (C=O) groups is 2. The van der Waals surface area contributed by atoms with Gasteiger partial charge in [-0.15, -0.1) is 23.2 Å². The molecule has 4 nitrogen and oxygen atoms in total. The number of hydrogen-bond donors (Lipinski definition) is 2. The average Bonchev–Trinajstić information content (AvgIpc) is 3.37. The highest BCUT2D eigenvalue weighted by Crippen LogP contribution is 2.65. The van der Waals surface area contributed by atoms with Gasteiger partial charge >= 0.3 is 0 Å². The fraction of sp³-hybridized carbons (Fsp3) is 0.130. The van der Waals surface area contributed by atoms with E-state index in [-0.39, 0.29) is 22.0 Å². The van der Waals surface area contributed by atoms with Crippen LogP contribution in [0.4, 0.5) is 20.2 Å². The maximum Gasteiger partial charge on any atom is 0.257 e. The van der Waals surface area contributed by atoms with Crippen molar-refractivity contribution in [2.24, 2.45) is 5.92 Å². The minimum Gasteiger partial charge on any atom is -0.326 e. The van der Waals surface area contributed by atoms with E-state index in [0.717, 1.165) is 12.1 Å². The van der Waals surface area contributed by atoms with Crippen molar-refractivity contribution in [2.75, 3.05) is 10.6 Å². The number of amides is 2. The molecular weight excluding hydrogens is 631 g/mol. The molecule has 2 amide bonds. The van der Waals surface area contributed by atoms with Crippen LogP contribution in [0.15, 0.2) is 53.0 Å². The molecule has 1 aliphatic rings. The van der Waals surface area contributed by atoms with Crippen LogP contribution in [0.25, 0.3) is 0 Å². The number of carbonyl (C=O) groups excluding carboxylic acids is 2. The molecule has 0 radical (unpaired) electrons. The lowest BCUT2D eigenvalue weighted by molar-refractivity contribution is -0.117. The molecular formula is C23H12BrCl5F2N2O2. The topological polar surface area (TPSA) is 58.2 Å². The Labute approximate surface area is 232 Å². The van der Waals surface area contributed by atoms with Gasteiger partial charge in [0.05, 0.1) is 36.7 Å². The summed E-state index contributed by atoms with van der Waals surface area (Å²) < 4.78 is 26.1. The quantitative estimate of drug-likeness (QED) is 0.217. The van der Waals surface area contributed by atoms with E-state index in [1.165, 1.54) is 18.2 Å². The molecule has 35 heavy (non-hydrogen) atoms. The third-order valence-corrected chi connectivity index (χ3v) is 8.54. The van der Waals surface area contributed by atoms with Gasteiger partial charge in [0.2, 0.25) is 5.91 Å². The number of anilines is 2. The molecule has 0 saturated heterocycles. The van der Waals surface area contributed by atoms with Crippen LogP contribution in [-0.4, -0.2) is 16.1 Å². The van der Waals surface area contributed by atoms with Crippen molar-refractivity contribution in [1.82, 2.24) is 0 Å². The van der Waals surface area contributed by atoms with Gasteiger partial charge in [0.1, 0.15) is 16.0 Å². The largest absolute Gasteiger partial charge is 0.326 e. The van der Waals surface area contributed by atoms with E-state index in [9.17, 15) is 18.4 Å². The normalized spacial score (nSPS) is 18.2. The van der Waals surface area contributed by atoms with E-state index in [1.54, 1.807) is 12.1 Å². The number of benzene rings is 3. The highest BCUT2D eigenvalue weighted by atomic mass is 79.9. The first-order valence-electron chi connectivity index (χ1n) is 9.79. The molecule has 0 aromatic heterocycles. The lowest BCUT2D eigenvalue weighted by atomic mass is 10.1. The number of hydrogen-bond acceptors (Lipinski definition) is 2. The van der Waals surface area contributed by atoms with Crippen LogP contribution in [0.1, 0.15) is 21.8 Å². The third-order valence-electron chi connectivity index (χ3n) is 5.36. The van der Waals surface area contributed by atoms with Crippen LogP contribution >= 0.6 is 73.9 Å². The molecule has 182 valence electrons. The fourth-order valence-electron chi connectivity index (χ4n) is 3.60. The first kappa shape index (κ1) is 26.5. The Morgan fingerprint density at radius 2 is 1.54 bits per heavy atom. The van der Waals surface area contributed by atoms with Crippen molar-refractivity contribution < 1.29 is 18.4 Å². The predicted octanol–water partition coefficient (Wildman–Crippen LogP) is 8.47. The Balaban J connectivity index is 1.52. The van der Waals surface area contributed by atoms with E-state index in [4.69, 9.17) is 58.0 Å². The van der Waals surface area contributed by atoms with E-state index in [2.05, 4.69) is 26.6 Å². The van der Waals surface area contributed by atoms with Gasteiger partial charge in [-0.3, -0.25) is 9.59 Å². The van der Waals surface area contributed by atoms with Crippen molar-refractivity contribution in [3.63, 3.8) is 0 Å². The van der Waals surface area contributed by atoms with Crippen LogP contribution in [0, 0.1) is 17.6 Å². The summed E-state index contributed by atoms with van der Waals surface area (Å²) in [7, 11) is 0. The van der Waals surface area contributed by atoms with E-state index in [1.807, 2.05) is 0 Å². The van der Waals surface area contributed by atoms with Gasteiger partial charge in [0.25, 0.3) is 5.91 Å². The highest BCUT2D eigenvalue weighted by molar-refractivity contribution is 9.10. The second-order valence-corrected chi connectivity index (χ2v) is 11.1. The minimum absolute atomic E-state index is 0.0463. The van der Waals surface area contributed by atoms with Gasteiger partial charge in [-0.25, -0.2) is 8.78 Å². The summed E-state index contributed by atoms with van der Waals surface area (Å²) in [6.07, 6.45) is 0. The molecule has 1 aliphatic carbocycles. The van der Waals surface area contributed by atoms with Crippen molar-refractivity contribution in [1.29, 1.82) is 0 Å². The summed E-state index contributed by atoms with van der Waals surface area (Å²) in [4.78, 5) is 25.6. The minimum atomic E-state index is -1.41. The standard InChI is InChI=1S/C23H12BrCl5F2N2O2/c24-20-14(26)5-9(6-15(20)27)18-19(23(18,28)29)22(35)32-11-2-3-13(25)12(8-11)21(34)33-17-4-1-10(30)7-16(17)31/h1-8,18-19H,(H,32,35)(H,33,34)/t18-,19+/m0/s1. The monoisotopic (exact) mass is 640 g/mol. The van der Waals surface area contributed by atoms with Crippen LogP contribution < -0.4 is 10.6 Å². The summed E-state index contributed by atoms with van der Waals surface area (Å²) >= 11 is 34.5. The molecule has 3 aromatic rings. The summed E-state index contributed by atoms with van der Waals surface area (Å²) in [6.45, 7) is 0. The molecule has 3 aromatic carbocycles. The summed E-state index contributed by atoms with van der Waals surface area (Å²) in [6, 6.07) is 10.1. The lowest BCUT2D eigenvalue weighted by Crippen LogP contribution is -2.18. The molecule has 4 rings (SSSR count). The zero-order chi connectivity index (χ0) is 25.7. The predicted molar refractivity (Wildman–Crippen MR) is 139 cm³/mol. The average molecular weight is 644 g/mol. The van der Waals surface area contributed by atoms with Crippen molar-refractivity contribution >= 4 is 97.1 Å². The molecule has 12 heteroatoms. The van der Waals surface area contributed by atoms with Crippen molar-refractivity contribution in [2.45, 2.75) is 10.3 Å². The van der Waals surface area contributed by atoms with E-state index < -0.39 is 39.6 Å². The summed E-state index contributed by atoms with van der Waals surface area (Å²) in [5.74, 6) is -4.42. The molecule has 1 saturated carbocycles. The maximum atomic E-state index is 13.9. The van der Waals surface area contributed by atoms with Gasteiger partial charge in [-0.2, -0.15) is 0 Å². The third kappa shape index (κ3) is 5.41. The Hall–Kier alpha value is -1.61. The number of halogens is 8. The van der Waals surface area contributed by atoms with E-state index >= 15 is 0 Å². The highest BCUT2D eigenvalue weighted by Gasteiger charge is 2.67. The first-order chi connectivity index (χ1) is 16.4. The van der Waals surface area contributed by atoms with Crippen LogP contribution in [0.5, 0.6) is 0 Å². The maximum absolute atomic E-state index is 13.9. The van der Waals surface area contributed by atoms with Crippen LogP contribution in [0.3, 0.4) is 0 Å². The second-order valence-electron chi connectivity index (χ2n) is 7.69. The Kier molecular flexibility index (Phi) is 7.59. The fourth-order valence-corrected chi connectivity index (χ4v) is 5.36. The smallest absolute Gasteiger partial charge is 0.257 e. The van der Waals surface area contributed by atoms with E-state index in [0.29, 0.717) is 26.1 Å². The zero-order valence-corrected chi connectivity index (χ0v) is 22.5. The van der Waals surface area contributed by atoms with Gasteiger partial charge in [-0.1, -0.05) is 34.8 Å². The van der Waals surface area contributed by atoms with Gasteiger partial charge < -0.3 is 10.6 Å². The number of rotatable bonds is 5. The molecule has 1 fully saturated rings.